The lowest BCUT2D eigenvalue weighted by Crippen LogP contribution is -2.17. The van der Waals surface area contributed by atoms with Gasteiger partial charge in [0.15, 0.2) is 17.1 Å². The molecule has 1 aliphatic heterocycles. The van der Waals surface area contributed by atoms with Crippen molar-refractivity contribution in [3.05, 3.63) is 48.4 Å². The van der Waals surface area contributed by atoms with Crippen molar-refractivity contribution in [3.63, 3.8) is 0 Å². The number of nitrogens with one attached hydrogen (secondary N) is 1. The molecule has 0 spiro atoms. The number of anilines is 1. The number of hydrogen-bond donors (Lipinski definition) is 1. The maximum atomic E-state index is 12.3. The van der Waals surface area contributed by atoms with Crippen LogP contribution >= 0.6 is 0 Å². The quantitative estimate of drug-likeness (QED) is 0.779. The van der Waals surface area contributed by atoms with E-state index in [2.05, 4.69) is 15.4 Å². The Labute approximate surface area is 125 Å². The molecule has 3 aromatic rings. The highest BCUT2D eigenvalue weighted by Crippen LogP contribution is 2.32. The van der Waals surface area contributed by atoms with Crippen LogP contribution < -0.4 is 14.8 Å². The first-order valence-corrected chi connectivity index (χ1v) is 6.81. The van der Waals surface area contributed by atoms with Crippen LogP contribution in [0.25, 0.3) is 5.65 Å². The molecule has 1 amide bonds. The summed E-state index contributed by atoms with van der Waals surface area (Å²) in [4.78, 5) is 16.4. The summed E-state index contributed by atoms with van der Waals surface area (Å²) in [6, 6.07) is 8.65. The zero-order valence-electron chi connectivity index (χ0n) is 11.5. The number of rotatable bonds is 2. The minimum atomic E-state index is -0.299. The third kappa shape index (κ3) is 2.22. The second-order valence-electron chi connectivity index (χ2n) is 4.76. The smallest absolute Gasteiger partial charge is 0.276 e. The van der Waals surface area contributed by atoms with Crippen LogP contribution in [0.3, 0.4) is 0 Å². The summed E-state index contributed by atoms with van der Waals surface area (Å²) in [5.41, 5.74) is 1.62. The van der Waals surface area contributed by atoms with Gasteiger partial charge < -0.3 is 14.8 Å². The maximum Gasteiger partial charge on any atom is 0.276 e. The molecule has 0 atom stereocenters. The number of imidazole rings is 1. The lowest BCUT2D eigenvalue weighted by molar-refractivity contribution is 0.102. The highest BCUT2D eigenvalue weighted by atomic mass is 16.6. The average molecular weight is 296 g/mol. The van der Waals surface area contributed by atoms with Crippen LogP contribution in [0.4, 0.5) is 5.69 Å². The molecular weight excluding hydrogens is 284 g/mol. The molecule has 7 heteroatoms. The summed E-state index contributed by atoms with van der Waals surface area (Å²) in [5, 5.41) is 7.00. The summed E-state index contributed by atoms with van der Waals surface area (Å²) in [7, 11) is 0. The van der Waals surface area contributed by atoms with Gasteiger partial charge in [0.25, 0.3) is 5.91 Å². The summed E-state index contributed by atoms with van der Waals surface area (Å²) in [6.07, 6.45) is 3.32. The van der Waals surface area contributed by atoms with E-state index in [-0.39, 0.29) is 5.91 Å². The van der Waals surface area contributed by atoms with Gasteiger partial charge in [-0.2, -0.15) is 5.10 Å². The monoisotopic (exact) mass is 296 g/mol. The van der Waals surface area contributed by atoms with Gasteiger partial charge in [0.2, 0.25) is 0 Å². The highest BCUT2D eigenvalue weighted by Gasteiger charge is 2.14. The van der Waals surface area contributed by atoms with Gasteiger partial charge in [0.1, 0.15) is 18.9 Å². The first-order chi connectivity index (χ1) is 10.8. The summed E-state index contributed by atoms with van der Waals surface area (Å²) in [5.74, 6) is 1.01. The van der Waals surface area contributed by atoms with Crippen molar-refractivity contribution < 1.29 is 14.3 Å². The Bertz CT molecular complexity index is 859. The number of hydrogen-bond acceptors (Lipinski definition) is 5. The van der Waals surface area contributed by atoms with Crippen molar-refractivity contribution in [2.45, 2.75) is 0 Å². The van der Waals surface area contributed by atoms with E-state index in [1.54, 1.807) is 47.2 Å². The first-order valence-electron chi connectivity index (χ1n) is 6.81. The molecule has 7 nitrogen and oxygen atoms in total. The van der Waals surface area contributed by atoms with E-state index < -0.39 is 0 Å². The van der Waals surface area contributed by atoms with E-state index in [4.69, 9.17) is 9.47 Å². The van der Waals surface area contributed by atoms with Gasteiger partial charge in [0.05, 0.1) is 0 Å². The Kier molecular flexibility index (Phi) is 2.89. The van der Waals surface area contributed by atoms with Gasteiger partial charge in [-0.15, -0.1) is 0 Å². The third-order valence-corrected chi connectivity index (χ3v) is 3.29. The number of benzene rings is 1. The Hall–Kier alpha value is -3.09. The SMILES string of the molecule is O=C(Nc1ccc2c(c1)OCCO2)c1ccc2nccn2n1. The molecule has 0 saturated carbocycles. The van der Waals surface area contributed by atoms with Crippen molar-refractivity contribution in [2.75, 3.05) is 18.5 Å². The van der Waals surface area contributed by atoms with Crippen LogP contribution in [0, 0.1) is 0 Å². The van der Waals surface area contributed by atoms with Crippen molar-refractivity contribution in [2.24, 2.45) is 0 Å². The molecule has 110 valence electrons. The fraction of sp³-hybridized carbons (Fsp3) is 0.133. The minimum Gasteiger partial charge on any atom is -0.486 e. The summed E-state index contributed by atoms with van der Waals surface area (Å²) >= 11 is 0. The summed E-state index contributed by atoms with van der Waals surface area (Å²) < 4.78 is 12.5. The number of carbonyl (C=O) groups is 1. The zero-order valence-corrected chi connectivity index (χ0v) is 11.5. The van der Waals surface area contributed by atoms with E-state index in [1.807, 2.05) is 0 Å². The maximum absolute atomic E-state index is 12.3. The van der Waals surface area contributed by atoms with Crippen LogP contribution in [0.2, 0.25) is 0 Å². The first kappa shape index (κ1) is 12.6. The Morgan fingerprint density at radius 2 is 2.00 bits per heavy atom. The van der Waals surface area contributed by atoms with Crippen LogP contribution in [0.1, 0.15) is 10.5 Å². The molecule has 0 aliphatic carbocycles. The predicted molar refractivity (Wildman–Crippen MR) is 78.4 cm³/mol. The van der Waals surface area contributed by atoms with E-state index in [1.165, 1.54) is 0 Å². The average Bonchev–Trinajstić information content (AvgIpc) is 3.02. The topological polar surface area (TPSA) is 77.8 Å². The normalized spacial score (nSPS) is 13.1. The van der Waals surface area contributed by atoms with Crippen LogP contribution in [-0.4, -0.2) is 33.7 Å². The van der Waals surface area contributed by atoms with E-state index in [9.17, 15) is 4.79 Å². The molecule has 0 radical (unpaired) electrons. The van der Waals surface area contributed by atoms with E-state index in [0.717, 1.165) is 0 Å². The van der Waals surface area contributed by atoms with E-state index in [0.29, 0.717) is 41.7 Å². The molecule has 0 fully saturated rings. The van der Waals surface area contributed by atoms with Crippen LogP contribution in [0.15, 0.2) is 42.7 Å². The molecule has 3 heterocycles. The predicted octanol–water partition coefficient (Wildman–Crippen LogP) is 1.75. The van der Waals surface area contributed by atoms with Crippen molar-refractivity contribution in [3.8, 4) is 11.5 Å². The molecule has 1 aliphatic rings. The van der Waals surface area contributed by atoms with Gasteiger partial charge in [-0.3, -0.25) is 4.79 Å². The fourth-order valence-electron chi connectivity index (χ4n) is 2.25. The molecule has 2 aromatic heterocycles. The van der Waals surface area contributed by atoms with Gasteiger partial charge in [0, 0.05) is 24.1 Å². The number of ether oxygens (including phenoxy) is 2. The highest BCUT2D eigenvalue weighted by molar-refractivity contribution is 6.03. The number of carbonyl (C=O) groups excluding carboxylic acids is 1. The standard InChI is InChI=1S/C15H12N4O3/c20-15(11-2-4-14-16-5-6-19(14)18-11)17-10-1-3-12-13(9-10)22-8-7-21-12/h1-6,9H,7-8H2,(H,17,20). The van der Waals surface area contributed by atoms with Crippen LogP contribution in [-0.2, 0) is 0 Å². The van der Waals surface area contributed by atoms with Crippen molar-refractivity contribution in [1.29, 1.82) is 0 Å². The molecule has 1 N–H and O–H groups in total. The molecule has 4 rings (SSSR count). The lowest BCUT2D eigenvalue weighted by atomic mass is 10.2. The molecule has 0 saturated heterocycles. The van der Waals surface area contributed by atoms with Gasteiger partial charge in [-0.25, -0.2) is 9.50 Å². The van der Waals surface area contributed by atoms with Gasteiger partial charge in [-0.05, 0) is 24.3 Å². The van der Waals surface area contributed by atoms with Crippen molar-refractivity contribution in [1.82, 2.24) is 14.6 Å². The molecule has 0 unspecified atom stereocenters. The number of fused-ring (bicyclic) bond motifs is 2. The summed E-state index contributed by atoms with van der Waals surface area (Å²) in [6.45, 7) is 1.04. The second-order valence-corrected chi connectivity index (χ2v) is 4.76. The third-order valence-electron chi connectivity index (χ3n) is 3.29. The minimum absolute atomic E-state index is 0.299. The van der Waals surface area contributed by atoms with Gasteiger partial charge >= 0.3 is 0 Å². The van der Waals surface area contributed by atoms with Crippen molar-refractivity contribution >= 4 is 17.2 Å². The Balaban J connectivity index is 1.58. The molecule has 22 heavy (non-hydrogen) atoms. The second kappa shape index (κ2) is 5.03. The number of nitrogens with zero attached hydrogens (tertiary/aromatic N) is 3. The zero-order chi connectivity index (χ0) is 14.9. The largest absolute Gasteiger partial charge is 0.486 e. The molecule has 0 bridgehead atoms. The van der Waals surface area contributed by atoms with Gasteiger partial charge in [-0.1, -0.05) is 0 Å². The Morgan fingerprint density at radius 1 is 1.14 bits per heavy atom. The fourth-order valence-corrected chi connectivity index (χ4v) is 2.25. The Morgan fingerprint density at radius 3 is 2.91 bits per heavy atom. The molecular formula is C15H12N4O3. The number of aromatic nitrogens is 3. The van der Waals surface area contributed by atoms with E-state index >= 15 is 0 Å². The lowest BCUT2D eigenvalue weighted by Gasteiger charge is -2.18. The molecule has 1 aromatic carbocycles. The van der Waals surface area contributed by atoms with Crippen LogP contribution in [0.5, 0.6) is 11.5 Å². The number of amides is 1.